The van der Waals surface area contributed by atoms with E-state index < -0.39 is 6.10 Å². The van der Waals surface area contributed by atoms with Crippen LogP contribution in [0.3, 0.4) is 0 Å². The fraction of sp³-hybridized carbons (Fsp3) is 0.400. The summed E-state index contributed by atoms with van der Waals surface area (Å²) in [5.41, 5.74) is 2.33. The van der Waals surface area contributed by atoms with E-state index in [9.17, 15) is 10.2 Å². The van der Waals surface area contributed by atoms with Crippen LogP contribution in [0.4, 0.5) is 0 Å². The van der Waals surface area contributed by atoms with Gasteiger partial charge in [-0.1, -0.05) is 42.5 Å². The van der Waals surface area contributed by atoms with Crippen LogP contribution < -0.4 is 9.64 Å². The van der Waals surface area contributed by atoms with E-state index in [0.717, 1.165) is 37.2 Å². The summed E-state index contributed by atoms with van der Waals surface area (Å²) in [5, 5.41) is 19.8. The van der Waals surface area contributed by atoms with Crippen molar-refractivity contribution < 1.29 is 19.8 Å². The van der Waals surface area contributed by atoms with Crippen molar-refractivity contribution >= 4 is 0 Å². The van der Waals surface area contributed by atoms with Crippen LogP contribution in [-0.4, -0.2) is 48.7 Å². The van der Waals surface area contributed by atoms with Gasteiger partial charge < -0.3 is 19.8 Å². The van der Waals surface area contributed by atoms with Crippen LogP contribution in [0.5, 0.6) is 5.75 Å². The Hall–Kier alpha value is -1.88. The molecule has 24 heavy (non-hydrogen) atoms. The first-order chi connectivity index (χ1) is 11.7. The monoisotopic (exact) mass is 328 g/mol. The fourth-order valence-electron chi connectivity index (χ4n) is 3.27. The van der Waals surface area contributed by atoms with Gasteiger partial charge in [0.05, 0.1) is 6.54 Å². The Morgan fingerprint density at radius 3 is 2.46 bits per heavy atom. The number of piperidine rings is 1. The number of ether oxygens (including phenoxy) is 1. The van der Waals surface area contributed by atoms with E-state index in [4.69, 9.17) is 4.74 Å². The number of benzene rings is 2. The molecule has 2 aromatic carbocycles. The topological polar surface area (TPSA) is 54.1 Å². The molecular weight excluding hydrogens is 302 g/mol. The van der Waals surface area contributed by atoms with Crippen molar-refractivity contribution in [3.63, 3.8) is 0 Å². The first-order valence-electron chi connectivity index (χ1n) is 8.68. The maximum absolute atomic E-state index is 10.2. The lowest BCUT2D eigenvalue weighted by molar-refractivity contribution is -0.911. The molecule has 3 atom stereocenters. The average molecular weight is 328 g/mol. The summed E-state index contributed by atoms with van der Waals surface area (Å²) in [5.74, 6) is 0.766. The Morgan fingerprint density at radius 1 is 1.04 bits per heavy atom. The zero-order chi connectivity index (χ0) is 16.8. The third-order valence-corrected chi connectivity index (χ3v) is 4.52. The molecule has 128 valence electrons. The standard InChI is InChI=1S/C20H25NO3/c22-18-7-4-12-21(13-18)14-19(23)15-24-20-10-8-17(9-11-20)16-5-2-1-3-6-16/h1-3,5-6,8-11,18-19,22-23H,4,7,12-15H2/p+1/t18-,19-/m0/s1. The summed E-state index contributed by atoms with van der Waals surface area (Å²) >= 11 is 0. The predicted octanol–water partition coefficient (Wildman–Crippen LogP) is 1.13. The molecule has 2 aromatic rings. The Balaban J connectivity index is 1.48. The first kappa shape index (κ1) is 17.0. The highest BCUT2D eigenvalue weighted by Gasteiger charge is 2.23. The van der Waals surface area contributed by atoms with Crippen LogP contribution in [0.1, 0.15) is 12.8 Å². The van der Waals surface area contributed by atoms with Crippen LogP contribution in [0.2, 0.25) is 0 Å². The molecule has 4 heteroatoms. The highest BCUT2D eigenvalue weighted by Crippen LogP contribution is 2.22. The Labute approximate surface area is 143 Å². The maximum atomic E-state index is 10.2. The van der Waals surface area contributed by atoms with Gasteiger partial charge in [-0.2, -0.15) is 0 Å². The zero-order valence-electron chi connectivity index (χ0n) is 13.9. The fourth-order valence-corrected chi connectivity index (χ4v) is 3.27. The van der Waals surface area contributed by atoms with Gasteiger partial charge >= 0.3 is 0 Å². The van der Waals surface area contributed by atoms with Crippen molar-refractivity contribution in [2.75, 3.05) is 26.2 Å². The van der Waals surface area contributed by atoms with E-state index in [1.54, 1.807) is 0 Å². The summed E-state index contributed by atoms with van der Waals surface area (Å²) in [6.45, 7) is 2.65. The lowest BCUT2D eigenvalue weighted by atomic mass is 10.1. The van der Waals surface area contributed by atoms with Crippen molar-refractivity contribution in [1.29, 1.82) is 0 Å². The lowest BCUT2D eigenvalue weighted by Crippen LogP contribution is -3.15. The molecule has 1 aliphatic rings. The molecule has 0 bridgehead atoms. The largest absolute Gasteiger partial charge is 0.491 e. The second-order valence-electron chi connectivity index (χ2n) is 6.56. The third kappa shape index (κ3) is 4.81. The summed E-state index contributed by atoms with van der Waals surface area (Å²) in [6, 6.07) is 18.1. The van der Waals surface area contributed by atoms with Crippen molar-refractivity contribution in [2.45, 2.75) is 25.0 Å². The van der Waals surface area contributed by atoms with Crippen molar-refractivity contribution in [3.05, 3.63) is 54.6 Å². The van der Waals surface area contributed by atoms with Crippen molar-refractivity contribution in [2.24, 2.45) is 0 Å². The summed E-state index contributed by atoms with van der Waals surface area (Å²) in [7, 11) is 0. The molecule has 1 aliphatic heterocycles. The number of aliphatic hydroxyl groups is 2. The number of hydrogen-bond donors (Lipinski definition) is 3. The SMILES string of the molecule is O[C@H](COc1ccc(-c2ccccc2)cc1)C[NH+]1CCC[C@H](O)C1. The molecule has 1 unspecified atom stereocenters. The van der Waals surface area contributed by atoms with Gasteiger partial charge in [0, 0.05) is 0 Å². The van der Waals surface area contributed by atoms with E-state index in [1.807, 2.05) is 42.5 Å². The van der Waals surface area contributed by atoms with E-state index in [0.29, 0.717) is 6.54 Å². The van der Waals surface area contributed by atoms with Gasteiger partial charge in [0.2, 0.25) is 0 Å². The molecule has 0 radical (unpaired) electrons. The second-order valence-corrected chi connectivity index (χ2v) is 6.56. The van der Waals surface area contributed by atoms with E-state index in [-0.39, 0.29) is 12.7 Å². The van der Waals surface area contributed by atoms with Crippen LogP contribution in [-0.2, 0) is 0 Å². The summed E-state index contributed by atoms with van der Waals surface area (Å²) in [4.78, 5) is 1.25. The van der Waals surface area contributed by atoms with Crippen molar-refractivity contribution in [1.82, 2.24) is 0 Å². The molecule has 0 saturated carbocycles. The maximum Gasteiger partial charge on any atom is 0.137 e. The quantitative estimate of drug-likeness (QED) is 0.745. The smallest absolute Gasteiger partial charge is 0.137 e. The minimum absolute atomic E-state index is 0.229. The zero-order valence-corrected chi connectivity index (χ0v) is 13.9. The van der Waals surface area contributed by atoms with Gasteiger partial charge in [0.25, 0.3) is 0 Å². The molecule has 0 aliphatic carbocycles. The van der Waals surface area contributed by atoms with Crippen LogP contribution in [0.15, 0.2) is 54.6 Å². The average Bonchev–Trinajstić information content (AvgIpc) is 2.61. The molecule has 0 spiro atoms. The van der Waals surface area contributed by atoms with Crippen LogP contribution in [0.25, 0.3) is 11.1 Å². The summed E-state index contributed by atoms with van der Waals surface area (Å²) in [6.07, 6.45) is 1.15. The van der Waals surface area contributed by atoms with Crippen LogP contribution in [0, 0.1) is 0 Å². The van der Waals surface area contributed by atoms with E-state index in [1.165, 1.54) is 10.5 Å². The van der Waals surface area contributed by atoms with Gasteiger partial charge in [-0.25, -0.2) is 0 Å². The highest BCUT2D eigenvalue weighted by molar-refractivity contribution is 5.63. The molecule has 1 heterocycles. The lowest BCUT2D eigenvalue weighted by Gasteiger charge is -2.28. The number of hydrogen-bond acceptors (Lipinski definition) is 3. The number of quaternary nitrogens is 1. The second kappa shape index (κ2) is 8.29. The number of aliphatic hydroxyl groups excluding tert-OH is 2. The molecule has 0 aromatic heterocycles. The highest BCUT2D eigenvalue weighted by atomic mass is 16.5. The molecule has 4 nitrogen and oxygen atoms in total. The Morgan fingerprint density at radius 2 is 1.75 bits per heavy atom. The molecule has 3 rings (SSSR count). The first-order valence-corrected chi connectivity index (χ1v) is 8.68. The van der Waals surface area contributed by atoms with Gasteiger partial charge in [-0.15, -0.1) is 0 Å². The van der Waals surface area contributed by atoms with Crippen LogP contribution >= 0.6 is 0 Å². The molecule has 3 N–H and O–H groups in total. The van der Waals surface area contributed by atoms with Crippen molar-refractivity contribution in [3.8, 4) is 16.9 Å². The minimum atomic E-state index is -0.515. The molecule has 1 fully saturated rings. The van der Waals surface area contributed by atoms with Gasteiger partial charge in [0.1, 0.15) is 37.7 Å². The number of likely N-dealkylation sites (tertiary alicyclic amines) is 1. The van der Waals surface area contributed by atoms with Gasteiger partial charge in [-0.3, -0.25) is 0 Å². The third-order valence-electron chi connectivity index (χ3n) is 4.52. The number of nitrogens with one attached hydrogen (secondary N) is 1. The van der Waals surface area contributed by atoms with Gasteiger partial charge in [0.15, 0.2) is 0 Å². The summed E-state index contributed by atoms with van der Waals surface area (Å²) < 4.78 is 5.70. The van der Waals surface area contributed by atoms with Gasteiger partial charge in [-0.05, 0) is 36.1 Å². The Kier molecular flexibility index (Phi) is 5.86. The molecular formula is C20H26NO3+. The Bertz CT molecular complexity index is 615. The molecule has 1 saturated heterocycles. The minimum Gasteiger partial charge on any atom is -0.491 e. The predicted molar refractivity (Wildman–Crippen MR) is 94.2 cm³/mol. The molecule has 0 amide bonds. The van der Waals surface area contributed by atoms with E-state index >= 15 is 0 Å². The normalized spacial score (nSPS) is 22.1. The number of rotatable bonds is 6. The van der Waals surface area contributed by atoms with E-state index in [2.05, 4.69) is 12.1 Å².